The molecule has 31 heavy (non-hydrogen) atoms. The van der Waals surface area contributed by atoms with Crippen molar-refractivity contribution in [2.45, 2.75) is 18.2 Å². The summed E-state index contributed by atoms with van der Waals surface area (Å²) in [6.45, 7) is 2.99. The van der Waals surface area contributed by atoms with E-state index in [2.05, 4.69) is 71.2 Å². The molecule has 4 aromatic rings. The third-order valence-electron chi connectivity index (χ3n) is 5.50. The minimum Gasteiger partial charge on any atom is -0.326 e. The van der Waals surface area contributed by atoms with Crippen molar-refractivity contribution in [3.8, 4) is 11.3 Å². The molecule has 1 saturated heterocycles. The number of rotatable bonds is 5. The number of aryl methyl sites for hydroxylation is 1. The van der Waals surface area contributed by atoms with Crippen molar-refractivity contribution in [1.82, 2.24) is 4.98 Å². The van der Waals surface area contributed by atoms with Gasteiger partial charge in [-0.2, -0.15) is 0 Å². The maximum atomic E-state index is 12.0. The van der Waals surface area contributed by atoms with E-state index < -0.39 is 11.0 Å². The molecule has 4 nitrogen and oxygen atoms in total. The second-order valence-corrected chi connectivity index (χ2v) is 9.96. The number of hydrogen-bond acceptors (Lipinski definition) is 4. The first kappa shape index (κ1) is 20.1. The van der Waals surface area contributed by atoms with Crippen molar-refractivity contribution in [2.24, 2.45) is 0 Å². The topological polar surface area (TPSA) is 45.2 Å². The summed E-state index contributed by atoms with van der Waals surface area (Å²) in [6.07, 6.45) is 2.87. The van der Waals surface area contributed by atoms with Gasteiger partial charge in [-0.05, 0) is 78.7 Å². The van der Waals surface area contributed by atoms with Crippen LogP contribution < -0.4 is 9.03 Å². The minimum absolute atomic E-state index is 0.763. The molecule has 1 aromatic heterocycles. The lowest BCUT2D eigenvalue weighted by Gasteiger charge is -2.16. The highest BCUT2D eigenvalue weighted by Gasteiger charge is 2.20. The van der Waals surface area contributed by atoms with Crippen molar-refractivity contribution in [3.05, 3.63) is 84.6 Å². The van der Waals surface area contributed by atoms with E-state index in [1.807, 2.05) is 28.7 Å². The van der Waals surface area contributed by atoms with Crippen LogP contribution in [0.2, 0.25) is 0 Å². The van der Waals surface area contributed by atoms with Crippen LogP contribution in [-0.2, 0) is 11.0 Å². The van der Waals surface area contributed by atoms with Crippen LogP contribution >= 0.6 is 11.9 Å². The number of nitrogens with one attached hydrogen (secondary N) is 1. The summed E-state index contributed by atoms with van der Waals surface area (Å²) in [5, 5.41) is 2.35. The Labute approximate surface area is 189 Å². The van der Waals surface area contributed by atoms with E-state index >= 15 is 0 Å². The van der Waals surface area contributed by atoms with Gasteiger partial charge in [0.1, 0.15) is 11.0 Å². The predicted octanol–water partition coefficient (Wildman–Crippen LogP) is 6.20. The fourth-order valence-electron chi connectivity index (χ4n) is 3.86. The van der Waals surface area contributed by atoms with Gasteiger partial charge >= 0.3 is 0 Å². The molecular weight excluding hydrogens is 422 g/mol. The number of pyridine rings is 1. The van der Waals surface area contributed by atoms with Gasteiger partial charge in [-0.3, -0.25) is 9.29 Å². The Bertz CT molecular complexity index is 1250. The van der Waals surface area contributed by atoms with Gasteiger partial charge < -0.3 is 4.72 Å². The monoisotopic (exact) mass is 445 g/mol. The number of aromatic nitrogens is 1. The third-order valence-corrected chi connectivity index (χ3v) is 7.87. The first-order valence-electron chi connectivity index (χ1n) is 10.3. The fraction of sp³-hybridized carbons (Fsp3) is 0.160. The van der Waals surface area contributed by atoms with Gasteiger partial charge in [0, 0.05) is 45.7 Å². The molecule has 1 atom stereocenters. The van der Waals surface area contributed by atoms with E-state index in [1.54, 1.807) is 11.9 Å². The third kappa shape index (κ3) is 4.18. The molecule has 0 radical (unpaired) electrons. The summed E-state index contributed by atoms with van der Waals surface area (Å²) in [5.41, 5.74) is 5.40. The molecule has 1 unspecified atom stereocenters. The van der Waals surface area contributed by atoms with Gasteiger partial charge in [0.25, 0.3) is 0 Å². The lowest BCUT2D eigenvalue weighted by molar-refractivity contribution is 0.685. The van der Waals surface area contributed by atoms with E-state index in [4.69, 9.17) is 0 Å². The van der Waals surface area contributed by atoms with Crippen LogP contribution in [0, 0.1) is 6.92 Å². The zero-order valence-electron chi connectivity index (χ0n) is 17.2. The molecule has 0 spiro atoms. The Hall–Kier alpha value is -2.83. The van der Waals surface area contributed by atoms with Crippen LogP contribution in [0.15, 0.2) is 83.9 Å². The van der Waals surface area contributed by atoms with E-state index in [-0.39, 0.29) is 0 Å². The van der Waals surface area contributed by atoms with E-state index in [0.717, 1.165) is 51.6 Å². The number of benzene rings is 3. The molecule has 3 aromatic carbocycles. The Morgan fingerprint density at radius 3 is 2.68 bits per heavy atom. The molecule has 1 aliphatic rings. The Morgan fingerprint density at radius 2 is 1.87 bits per heavy atom. The number of hydrogen-bond donors (Lipinski definition) is 1. The average Bonchev–Trinajstić information content (AvgIpc) is 3.24. The first-order chi connectivity index (χ1) is 15.2. The molecule has 1 N–H and O–H groups in total. The average molecular weight is 446 g/mol. The van der Waals surface area contributed by atoms with Gasteiger partial charge in [-0.25, -0.2) is 4.21 Å². The molecule has 0 amide bonds. The van der Waals surface area contributed by atoms with Gasteiger partial charge in [-0.1, -0.05) is 30.3 Å². The lowest BCUT2D eigenvalue weighted by Crippen LogP contribution is -2.19. The predicted molar refractivity (Wildman–Crippen MR) is 133 cm³/mol. The smallest absolute Gasteiger partial charge is 0.119 e. The number of nitrogens with zero attached hydrogens (tertiary/aromatic N) is 2. The van der Waals surface area contributed by atoms with Gasteiger partial charge in [0.2, 0.25) is 0 Å². The SMILES string of the molecule is Cc1ccc(NSc2ccc(N3CCCS3=O)cc2)cc1-c1nccc2ccccc12. The molecule has 6 heteroatoms. The van der Waals surface area contributed by atoms with Crippen molar-refractivity contribution in [3.63, 3.8) is 0 Å². The number of fused-ring (bicyclic) bond motifs is 1. The van der Waals surface area contributed by atoms with E-state index in [9.17, 15) is 4.21 Å². The molecule has 1 fully saturated rings. The van der Waals surface area contributed by atoms with Crippen LogP contribution in [0.25, 0.3) is 22.0 Å². The van der Waals surface area contributed by atoms with Gasteiger partial charge in [0.05, 0.1) is 5.69 Å². The molecule has 156 valence electrons. The quantitative estimate of drug-likeness (QED) is 0.371. The van der Waals surface area contributed by atoms with Crippen LogP contribution in [0.3, 0.4) is 0 Å². The molecule has 2 heterocycles. The highest BCUT2D eigenvalue weighted by molar-refractivity contribution is 8.00. The maximum absolute atomic E-state index is 12.0. The largest absolute Gasteiger partial charge is 0.326 e. The Kier molecular flexibility index (Phi) is 5.66. The summed E-state index contributed by atoms with van der Waals surface area (Å²) in [6, 6.07) is 25.0. The van der Waals surface area contributed by atoms with E-state index in [0.29, 0.717) is 0 Å². The summed E-state index contributed by atoms with van der Waals surface area (Å²) in [7, 11) is -0.880. The van der Waals surface area contributed by atoms with Crippen molar-refractivity contribution < 1.29 is 4.21 Å². The summed E-state index contributed by atoms with van der Waals surface area (Å²) in [5.74, 6) is 0.763. The molecule has 5 rings (SSSR count). The van der Waals surface area contributed by atoms with Crippen LogP contribution in [0.1, 0.15) is 12.0 Å². The molecule has 0 saturated carbocycles. The minimum atomic E-state index is -0.880. The van der Waals surface area contributed by atoms with Crippen molar-refractivity contribution in [2.75, 3.05) is 21.3 Å². The molecular formula is C25H23N3OS2. The van der Waals surface area contributed by atoms with Gasteiger partial charge in [0.15, 0.2) is 0 Å². The van der Waals surface area contributed by atoms with Crippen LogP contribution in [-0.4, -0.2) is 21.5 Å². The van der Waals surface area contributed by atoms with Crippen LogP contribution in [0.5, 0.6) is 0 Å². The van der Waals surface area contributed by atoms with Crippen molar-refractivity contribution in [1.29, 1.82) is 0 Å². The highest BCUT2D eigenvalue weighted by atomic mass is 32.2. The van der Waals surface area contributed by atoms with E-state index in [1.165, 1.54) is 10.9 Å². The zero-order chi connectivity index (χ0) is 21.2. The molecule has 0 aliphatic carbocycles. The second kappa shape index (κ2) is 8.73. The molecule has 0 bridgehead atoms. The summed E-state index contributed by atoms with van der Waals surface area (Å²) < 4.78 is 17.5. The molecule has 1 aliphatic heterocycles. The number of anilines is 2. The van der Waals surface area contributed by atoms with Crippen molar-refractivity contribution >= 4 is 45.1 Å². The standard InChI is InChI=1S/C25H23N3OS2/c1-18-7-8-20(17-24(18)25-23-6-3-2-5-19(23)13-14-26-25)27-30-22-11-9-21(10-12-22)28-15-4-16-31(28)29/h2-3,5-14,17,27H,4,15-16H2,1H3. The van der Waals surface area contributed by atoms with Gasteiger partial charge in [-0.15, -0.1) is 0 Å². The first-order valence-corrected chi connectivity index (χ1v) is 12.4. The zero-order valence-corrected chi connectivity index (χ0v) is 18.9. The summed E-state index contributed by atoms with van der Waals surface area (Å²) >= 11 is 1.57. The Balaban J connectivity index is 1.36. The second-order valence-electron chi connectivity index (χ2n) is 7.59. The summed E-state index contributed by atoms with van der Waals surface area (Å²) in [4.78, 5) is 5.80. The van der Waals surface area contributed by atoms with Crippen LogP contribution in [0.4, 0.5) is 11.4 Å². The fourth-order valence-corrected chi connectivity index (χ4v) is 5.78. The lowest BCUT2D eigenvalue weighted by atomic mass is 10.00. The highest BCUT2D eigenvalue weighted by Crippen LogP contribution is 2.32. The normalized spacial score (nSPS) is 16.0. The Morgan fingerprint density at radius 1 is 1.03 bits per heavy atom. The maximum Gasteiger partial charge on any atom is 0.119 e.